The van der Waals surface area contributed by atoms with Gasteiger partial charge in [0.05, 0.1) is 29.8 Å². The predicted molar refractivity (Wildman–Crippen MR) is 140 cm³/mol. The number of benzene rings is 1. The highest BCUT2D eigenvalue weighted by atomic mass is 35.5. The van der Waals surface area contributed by atoms with Gasteiger partial charge in [-0.1, -0.05) is 11.6 Å². The van der Waals surface area contributed by atoms with E-state index in [1.807, 2.05) is 40.6 Å². The minimum absolute atomic E-state index is 0.203. The molecule has 192 valence electrons. The van der Waals surface area contributed by atoms with Crippen molar-refractivity contribution in [1.82, 2.24) is 29.3 Å². The molecular formula is C27H29ClFN7O. The van der Waals surface area contributed by atoms with Crippen molar-refractivity contribution in [3.63, 3.8) is 0 Å². The summed E-state index contributed by atoms with van der Waals surface area (Å²) in [5.74, 6) is 1.20. The molecule has 10 heteroatoms. The summed E-state index contributed by atoms with van der Waals surface area (Å²) in [6.07, 6.45) is 8.79. The summed E-state index contributed by atoms with van der Waals surface area (Å²) in [6.45, 7) is 4.55. The molecule has 0 spiro atoms. The van der Waals surface area contributed by atoms with Crippen LogP contribution >= 0.6 is 11.6 Å². The van der Waals surface area contributed by atoms with E-state index in [1.165, 1.54) is 12.5 Å². The van der Waals surface area contributed by atoms with Gasteiger partial charge in [-0.2, -0.15) is 0 Å². The second-order valence-corrected chi connectivity index (χ2v) is 10.1. The summed E-state index contributed by atoms with van der Waals surface area (Å²) in [7, 11) is 1.59. The molecule has 0 unspecified atom stereocenters. The fourth-order valence-corrected chi connectivity index (χ4v) is 5.68. The lowest BCUT2D eigenvalue weighted by atomic mass is 9.90. The number of imidazole rings is 1. The van der Waals surface area contributed by atoms with E-state index in [9.17, 15) is 0 Å². The molecule has 8 nitrogen and oxygen atoms in total. The number of fused-ring (bicyclic) bond motifs is 1. The van der Waals surface area contributed by atoms with E-state index in [2.05, 4.69) is 14.9 Å². The van der Waals surface area contributed by atoms with Gasteiger partial charge < -0.3 is 14.2 Å². The molecule has 3 aromatic heterocycles. The number of methoxy groups -OCH3 is 1. The van der Waals surface area contributed by atoms with Crippen LogP contribution in [0.3, 0.4) is 0 Å². The van der Waals surface area contributed by atoms with E-state index in [4.69, 9.17) is 26.4 Å². The third-order valence-electron chi connectivity index (χ3n) is 7.27. The van der Waals surface area contributed by atoms with Crippen LogP contribution in [0.25, 0.3) is 17.2 Å². The zero-order valence-corrected chi connectivity index (χ0v) is 21.7. The van der Waals surface area contributed by atoms with E-state index < -0.39 is 0 Å². The van der Waals surface area contributed by atoms with Crippen molar-refractivity contribution in [2.45, 2.75) is 51.5 Å². The lowest BCUT2D eigenvalue weighted by Crippen LogP contribution is -2.30. The van der Waals surface area contributed by atoms with Crippen molar-refractivity contribution in [3.05, 3.63) is 64.7 Å². The van der Waals surface area contributed by atoms with E-state index in [-0.39, 0.29) is 11.7 Å². The third kappa shape index (κ3) is 4.45. The number of nitrogens with zero attached hydrogens (tertiary/aromatic N) is 7. The van der Waals surface area contributed by atoms with E-state index in [1.54, 1.807) is 13.4 Å². The lowest BCUT2D eigenvalue weighted by Gasteiger charge is -2.31. The first-order chi connectivity index (χ1) is 18.0. The Morgan fingerprint density at radius 3 is 2.62 bits per heavy atom. The smallest absolute Gasteiger partial charge is 0.238 e. The Bertz CT molecular complexity index is 1440. The SMILES string of the molecule is COc1nc(-c2nc3n(n2)CCC[C@H]3c2cc(N3CCCCC3)c(Cl)cc2F)ccc1-n1cnc(C)c1. The van der Waals surface area contributed by atoms with Crippen LogP contribution < -0.4 is 9.64 Å². The minimum Gasteiger partial charge on any atom is -0.479 e. The maximum Gasteiger partial charge on any atom is 0.238 e. The number of rotatable bonds is 5. The van der Waals surface area contributed by atoms with Gasteiger partial charge in [0.15, 0.2) is 5.82 Å². The molecule has 0 bridgehead atoms. The summed E-state index contributed by atoms with van der Waals surface area (Å²) in [4.78, 5) is 16.1. The summed E-state index contributed by atoms with van der Waals surface area (Å²) in [6, 6.07) is 7.19. The molecule has 0 saturated carbocycles. The number of ether oxygens (including phenoxy) is 1. The molecule has 4 aromatic rings. The average molecular weight is 522 g/mol. The van der Waals surface area contributed by atoms with Crippen molar-refractivity contribution < 1.29 is 9.13 Å². The fraction of sp³-hybridized carbons (Fsp3) is 0.407. The first kappa shape index (κ1) is 23.9. The van der Waals surface area contributed by atoms with Crippen LogP contribution in [0.1, 0.15) is 55.1 Å². The number of anilines is 1. The van der Waals surface area contributed by atoms with Gasteiger partial charge in [0, 0.05) is 37.3 Å². The molecule has 1 aromatic carbocycles. The molecule has 5 heterocycles. The second-order valence-electron chi connectivity index (χ2n) is 9.73. The normalized spacial score (nSPS) is 17.6. The van der Waals surface area contributed by atoms with Crippen molar-refractivity contribution in [2.75, 3.05) is 25.1 Å². The van der Waals surface area contributed by atoms with Gasteiger partial charge in [-0.3, -0.25) is 0 Å². The second kappa shape index (κ2) is 9.78. The molecule has 2 aliphatic rings. The van der Waals surface area contributed by atoms with Crippen LogP contribution in [-0.2, 0) is 6.54 Å². The molecule has 2 aliphatic heterocycles. The maximum absolute atomic E-state index is 15.3. The van der Waals surface area contributed by atoms with Crippen molar-refractivity contribution in [1.29, 1.82) is 0 Å². The highest BCUT2D eigenvalue weighted by molar-refractivity contribution is 6.33. The molecule has 0 N–H and O–H groups in total. The Labute approximate surface area is 220 Å². The molecule has 0 radical (unpaired) electrons. The summed E-state index contributed by atoms with van der Waals surface area (Å²) in [5.41, 5.74) is 3.82. The summed E-state index contributed by atoms with van der Waals surface area (Å²) < 4.78 is 24.6. The van der Waals surface area contributed by atoms with Crippen LogP contribution in [0.5, 0.6) is 5.88 Å². The Hall–Kier alpha value is -3.46. The highest BCUT2D eigenvalue weighted by Gasteiger charge is 2.30. The topological polar surface area (TPSA) is 73.9 Å². The average Bonchev–Trinajstić information content (AvgIpc) is 3.55. The molecule has 1 fully saturated rings. The van der Waals surface area contributed by atoms with Gasteiger partial charge in [-0.25, -0.2) is 24.0 Å². The minimum atomic E-state index is -0.298. The van der Waals surface area contributed by atoms with Crippen LogP contribution in [0, 0.1) is 12.7 Å². The van der Waals surface area contributed by atoms with Gasteiger partial charge in [0.25, 0.3) is 0 Å². The molecule has 1 atom stereocenters. The monoisotopic (exact) mass is 521 g/mol. The van der Waals surface area contributed by atoms with E-state index in [0.717, 1.165) is 68.2 Å². The van der Waals surface area contributed by atoms with Gasteiger partial charge >= 0.3 is 0 Å². The molecule has 0 aliphatic carbocycles. The van der Waals surface area contributed by atoms with E-state index >= 15 is 4.39 Å². The largest absolute Gasteiger partial charge is 0.479 e. The van der Waals surface area contributed by atoms with Crippen molar-refractivity contribution in [2.24, 2.45) is 0 Å². The van der Waals surface area contributed by atoms with Crippen molar-refractivity contribution >= 4 is 17.3 Å². The zero-order chi connectivity index (χ0) is 25.5. The summed E-state index contributed by atoms with van der Waals surface area (Å²) >= 11 is 6.50. The van der Waals surface area contributed by atoms with Gasteiger partial charge in [-0.05, 0) is 63.3 Å². The number of piperidine rings is 1. The molecular weight excluding hydrogens is 493 g/mol. The quantitative estimate of drug-likeness (QED) is 0.343. The highest BCUT2D eigenvalue weighted by Crippen LogP contribution is 2.39. The maximum atomic E-state index is 15.3. The Kier molecular flexibility index (Phi) is 6.32. The molecule has 0 amide bonds. The number of hydrogen-bond donors (Lipinski definition) is 0. The predicted octanol–water partition coefficient (Wildman–Crippen LogP) is 5.55. The Morgan fingerprint density at radius 2 is 1.86 bits per heavy atom. The van der Waals surface area contributed by atoms with Crippen LogP contribution in [-0.4, -0.2) is 49.5 Å². The van der Waals surface area contributed by atoms with Crippen molar-refractivity contribution in [3.8, 4) is 23.1 Å². The van der Waals surface area contributed by atoms with Gasteiger partial charge in [0.1, 0.15) is 23.0 Å². The first-order valence-corrected chi connectivity index (χ1v) is 13.1. The van der Waals surface area contributed by atoms with E-state index in [0.29, 0.717) is 28.0 Å². The van der Waals surface area contributed by atoms with Crippen LogP contribution in [0.2, 0.25) is 5.02 Å². The van der Waals surface area contributed by atoms with Gasteiger partial charge in [0.2, 0.25) is 5.88 Å². The third-order valence-corrected chi connectivity index (χ3v) is 7.57. The summed E-state index contributed by atoms with van der Waals surface area (Å²) in [5, 5.41) is 5.21. The number of pyridine rings is 1. The number of aromatic nitrogens is 6. The zero-order valence-electron chi connectivity index (χ0n) is 21.0. The number of halogens is 2. The molecule has 6 rings (SSSR count). The first-order valence-electron chi connectivity index (χ1n) is 12.8. The lowest BCUT2D eigenvalue weighted by molar-refractivity contribution is 0.396. The number of aryl methyl sites for hydroxylation is 2. The molecule has 1 saturated heterocycles. The Morgan fingerprint density at radius 1 is 1.03 bits per heavy atom. The fourth-order valence-electron chi connectivity index (χ4n) is 5.41. The standard InChI is InChI=1S/C27H29ClFN7O/c1-17-15-35(16-30-17)23-9-8-22(31-27(23)37-2)25-32-26-18(7-6-12-36(26)33-25)19-13-24(20(28)14-21(19)29)34-10-4-3-5-11-34/h8-9,13-16,18H,3-7,10-12H2,1-2H3/t18-/m0/s1. The number of hydrogen-bond acceptors (Lipinski definition) is 6. The van der Waals surface area contributed by atoms with Crippen LogP contribution in [0.4, 0.5) is 10.1 Å². The molecule has 37 heavy (non-hydrogen) atoms. The van der Waals surface area contributed by atoms with Gasteiger partial charge in [-0.15, -0.1) is 5.10 Å². The van der Waals surface area contributed by atoms with Crippen LogP contribution in [0.15, 0.2) is 36.8 Å². The Balaban J connectivity index is 1.36.